The molecule has 4 N–H and O–H groups in total. The number of amides is 1. The quantitative estimate of drug-likeness (QED) is 0.670. The van der Waals surface area contributed by atoms with Crippen LogP contribution in [0.4, 0.5) is 0 Å². The van der Waals surface area contributed by atoms with Crippen LogP contribution in [0.1, 0.15) is 39.5 Å². The second-order valence-corrected chi connectivity index (χ2v) is 5.43. The van der Waals surface area contributed by atoms with E-state index in [4.69, 9.17) is 5.73 Å². The average Bonchev–Trinajstić information content (AvgIpc) is 2.30. The number of aliphatic hydroxyl groups is 1. The highest BCUT2D eigenvalue weighted by molar-refractivity contribution is 5.79. The molecule has 0 radical (unpaired) electrons. The number of rotatable bonds is 5. The lowest BCUT2D eigenvalue weighted by Gasteiger charge is -2.32. The molecule has 0 aromatic rings. The first-order valence-corrected chi connectivity index (χ1v) is 6.71. The predicted molar refractivity (Wildman–Crippen MR) is 68.4 cm³/mol. The summed E-state index contributed by atoms with van der Waals surface area (Å²) in [6.45, 7) is 4.59. The van der Waals surface area contributed by atoms with Crippen molar-refractivity contribution in [3.63, 3.8) is 0 Å². The van der Waals surface area contributed by atoms with Crippen LogP contribution in [0.3, 0.4) is 0 Å². The molecular weight excluding hydrogens is 216 g/mol. The maximum atomic E-state index is 12.1. The maximum Gasteiger partial charge on any atom is 0.224 e. The standard InChI is InChI=1S/C13H26N2O2/c1-9(2)11(7-14)13(17)15-12-6-4-3-5-10(12)8-16/h9-12,16H,3-8,14H2,1-2H3,(H,15,17). The van der Waals surface area contributed by atoms with Gasteiger partial charge in [-0.3, -0.25) is 4.79 Å². The van der Waals surface area contributed by atoms with Crippen LogP contribution in [0.15, 0.2) is 0 Å². The summed E-state index contributed by atoms with van der Waals surface area (Å²) in [7, 11) is 0. The summed E-state index contributed by atoms with van der Waals surface area (Å²) in [6.07, 6.45) is 4.28. The summed E-state index contributed by atoms with van der Waals surface area (Å²) < 4.78 is 0. The first-order chi connectivity index (χ1) is 8.10. The van der Waals surface area contributed by atoms with Crippen molar-refractivity contribution in [2.75, 3.05) is 13.2 Å². The van der Waals surface area contributed by atoms with Gasteiger partial charge in [0.1, 0.15) is 0 Å². The van der Waals surface area contributed by atoms with Gasteiger partial charge < -0.3 is 16.2 Å². The molecule has 100 valence electrons. The first kappa shape index (κ1) is 14.5. The Bertz CT molecular complexity index is 244. The molecule has 0 aromatic carbocycles. The first-order valence-electron chi connectivity index (χ1n) is 6.71. The Kier molecular flexibility index (Phi) is 5.92. The van der Waals surface area contributed by atoms with Gasteiger partial charge in [-0.1, -0.05) is 26.7 Å². The number of nitrogens with one attached hydrogen (secondary N) is 1. The molecule has 1 aliphatic carbocycles. The van der Waals surface area contributed by atoms with Gasteiger partial charge in [0.15, 0.2) is 0 Å². The van der Waals surface area contributed by atoms with Gasteiger partial charge in [0, 0.05) is 25.1 Å². The van der Waals surface area contributed by atoms with Crippen molar-refractivity contribution in [2.24, 2.45) is 23.5 Å². The van der Waals surface area contributed by atoms with Crippen LogP contribution in [0, 0.1) is 17.8 Å². The van der Waals surface area contributed by atoms with Gasteiger partial charge in [-0.2, -0.15) is 0 Å². The molecule has 0 bridgehead atoms. The maximum absolute atomic E-state index is 12.1. The average molecular weight is 242 g/mol. The molecule has 3 unspecified atom stereocenters. The van der Waals surface area contributed by atoms with Crippen LogP contribution in [-0.2, 0) is 4.79 Å². The van der Waals surface area contributed by atoms with E-state index in [1.54, 1.807) is 0 Å². The highest BCUT2D eigenvalue weighted by Crippen LogP contribution is 2.24. The molecule has 0 aliphatic heterocycles. The Labute approximate surface area is 104 Å². The van der Waals surface area contributed by atoms with Gasteiger partial charge in [0.25, 0.3) is 0 Å². The minimum atomic E-state index is -0.115. The lowest BCUT2D eigenvalue weighted by molar-refractivity contribution is -0.127. The van der Waals surface area contributed by atoms with Crippen molar-refractivity contribution in [2.45, 2.75) is 45.6 Å². The molecule has 3 atom stereocenters. The van der Waals surface area contributed by atoms with Gasteiger partial charge >= 0.3 is 0 Å². The monoisotopic (exact) mass is 242 g/mol. The second kappa shape index (κ2) is 6.97. The van der Waals surface area contributed by atoms with Crippen LogP contribution in [0.2, 0.25) is 0 Å². The van der Waals surface area contributed by atoms with E-state index < -0.39 is 0 Å². The number of hydrogen-bond donors (Lipinski definition) is 3. The molecule has 1 amide bonds. The van der Waals surface area contributed by atoms with Gasteiger partial charge in [0.05, 0.1) is 5.92 Å². The minimum absolute atomic E-state index is 0.0489. The molecule has 0 spiro atoms. The molecule has 1 aliphatic rings. The van der Waals surface area contributed by atoms with Gasteiger partial charge in [-0.15, -0.1) is 0 Å². The zero-order chi connectivity index (χ0) is 12.8. The largest absolute Gasteiger partial charge is 0.396 e. The van der Waals surface area contributed by atoms with Gasteiger partial charge in [-0.25, -0.2) is 0 Å². The summed E-state index contributed by atoms with van der Waals surface area (Å²) in [5, 5.41) is 12.4. The highest BCUT2D eigenvalue weighted by atomic mass is 16.3. The molecule has 0 aromatic heterocycles. The van der Waals surface area contributed by atoms with Crippen LogP contribution >= 0.6 is 0 Å². The van der Waals surface area contributed by atoms with Crippen molar-refractivity contribution in [1.29, 1.82) is 0 Å². The molecule has 1 fully saturated rings. The number of nitrogens with two attached hydrogens (primary N) is 1. The molecule has 1 rings (SSSR count). The van der Waals surface area contributed by atoms with E-state index >= 15 is 0 Å². The Morgan fingerprint density at radius 1 is 1.41 bits per heavy atom. The SMILES string of the molecule is CC(C)C(CN)C(=O)NC1CCCCC1CO. The van der Waals surface area contributed by atoms with Crippen molar-refractivity contribution in [1.82, 2.24) is 5.32 Å². The molecule has 1 saturated carbocycles. The molecular formula is C13H26N2O2. The third kappa shape index (κ3) is 3.96. The summed E-state index contributed by atoms with van der Waals surface area (Å²) in [5.41, 5.74) is 5.64. The molecule has 0 heterocycles. The summed E-state index contributed by atoms with van der Waals surface area (Å²) in [4.78, 5) is 12.1. The van der Waals surface area contributed by atoms with Crippen molar-refractivity contribution in [3.05, 3.63) is 0 Å². The van der Waals surface area contributed by atoms with Gasteiger partial charge in [-0.05, 0) is 18.8 Å². The fourth-order valence-corrected chi connectivity index (χ4v) is 2.59. The minimum Gasteiger partial charge on any atom is -0.396 e. The number of carbonyl (C=O) groups excluding carboxylic acids is 1. The number of aliphatic hydroxyl groups excluding tert-OH is 1. The smallest absolute Gasteiger partial charge is 0.224 e. The van der Waals surface area contributed by atoms with Crippen molar-refractivity contribution >= 4 is 5.91 Å². The number of carbonyl (C=O) groups is 1. The van der Waals surface area contributed by atoms with Crippen molar-refractivity contribution in [3.8, 4) is 0 Å². The zero-order valence-electron chi connectivity index (χ0n) is 11.0. The summed E-state index contributed by atoms with van der Waals surface area (Å²) in [5.74, 6) is 0.415. The Morgan fingerprint density at radius 3 is 2.59 bits per heavy atom. The molecule has 4 nitrogen and oxygen atoms in total. The van der Waals surface area contributed by atoms with Crippen molar-refractivity contribution < 1.29 is 9.90 Å². The fourth-order valence-electron chi connectivity index (χ4n) is 2.59. The van der Waals surface area contributed by atoms with Crippen LogP contribution in [0.25, 0.3) is 0 Å². The zero-order valence-corrected chi connectivity index (χ0v) is 11.0. The Balaban J connectivity index is 2.53. The number of hydrogen-bond acceptors (Lipinski definition) is 3. The molecule has 0 saturated heterocycles. The summed E-state index contributed by atoms with van der Waals surface area (Å²) in [6, 6.07) is 0.133. The highest BCUT2D eigenvalue weighted by Gasteiger charge is 2.29. The van der Waals surface area contributed by atoms with E-state index in [-0.39, 0.29) is 36.3 Å². The van der Waals surface area contributed by atoms with E-state index in [0.29, 0.717) is 6.54 Å². The lowest BCUT2D eigenvalue weighted by atomic mass is 9.84. The summed E-state index contributed by atoms with van der Waals surface area (Å²) >= 11 is 0. The normalized spacial score (nSPS) is 26.9. The Morgan fingerprint density at radius 2 is 2.06 bits per heavy atom. The predicted octanol–water partition coefficient (Wildman–Crippen LogP) is 0.885. The van der Waals surface area contributed by atoms with Crippen LogP contribution < -0.4 is 11.1 Å². The fraction of sp³-hybridized carbons (Fsp3) is 0.923. The third-order valence-electron chi connectivity index (χ3n) is 3.87. The lowest BCUT2D eigenvalue weighted by Crippen LogP contribution is -2.48. The van der Waals surface area contributed by atoms with Crippen LogP contribution in [-0.4, -0.2) is 30.2 Å². The molecule has 17 heavy (non-hydrogen) atoms. The van der Waals surface area contributed by atoms with E-state index in [0.717, 1.165) is 25.7 Å². The van der Waals surface area contributed by atoms with E-state index in [1.165, 1.54) is 0 Å². The topological polar surface area (TPSA) is 75.4 Å². The van der Waals surface area contributed by atoms with E-state index in [2.05, 4.69) is 5.32 Å². The van der Waals surface area contributed by atoms with E-state index in [1.807, 2.05) is 13.8 Å². The van der Waals surface area contributed by atoms with E-state index in [9.17, 15) is 9.90 Å². The molecule has 4 heteroatoms. The second-order valence-electron chi connectivity index (χ2n) is 5.43. The van der Waals surface area contributed by atoms with Gasteiger partial charge in [0.2, 0.25) is 5.91 Å². The Hall–Kier alpha value is -0.610. The van der Waals surface area contributed by atoms with Crippen LogP contribution in [0.5, 0.6) is 0 Å². The third-order valence-corrected chi connectivity index (χ3v) is 3.87.